The third kappa shape index (κ3) is 3.23. The number of hydrogen-bond donors (Lipinski definition) is 1. The number of carbonyl (C=O) groups excluding carboxylic acids is 1. The summed E-state index contributed by atoms with van der Waals surface area (Å²) < 4.78 is 6.53. The predicted octanol–water partition coefficient (Wildman–Crippen LogP) is 0.721. The molecule has 0 unspecified atom stereocenters. The second kappa shape index (κ2) is 4.59. The third-order valence-corrected chi connectivity index (χ3v) is 1.55. The van der Waals surface area contributed by atoms with E-state index in [-0.39, 0.29) is 5.91 Å². The Hall–Kier alpha value is -1.39. The first kappa shape index (κ1) is 9.70. The van der Waals surface area contributed by atoms with Gasteiger partial charge in [0.25, 0.3) is 6.20 Å². The van der Waals surface area contributed by atoms with Gasteiger partial charge < -0.3 is 0 Å². The molecular formula is C8H14N3O2+. The van der Waals surface area contributed by atoms with Gasteiger partial charge in [-0.1, -0.05) is 18.0 Å². The van der Waals surface area contributed by atoms with Crippen LogP contribution in [0.3, 0.4) is 0 Å². The molecule has 1 aromatic heterocycles. The first-order valence-electron chi connectivity index (χ1n) is 4.36. The Bertz CT molecular complexity index is 283. The lowest BCUT2D eigenvalue weighted by Crippen LogP contribution is -2.34. The highest BCUT2D eigenvalue weighted by Gasteiger charge is 2.10. The summed E-state index contributed by atoms with van der Waals surface area (Å²) in [6.07, 6.45) is 3.84. The Morgan fingerprint density at radius 3 is 3.15 bits per heavy atom. The predicted molar refractivity (Wildman–Crippen MR) is 45.9 cm³/mol. The van der Waals surface area contributed by atoms with Crippen molar-refractivity contribution < 1.29 is 14.0 Å². The lowest BCUT2D eigenvalue weighted by atomic mass is 10.3. The van der Waals surface area contributed by atoms with Crippen molar-refractivity contribution in [1.29, 1.82) is 0 Å². The van der Waals surface area contributed by atoms with Crippen molar-refractivity contribution in [2.24, 2.45) is 0 Å². The highest BCUT2D eigenvalue weighted by Crippen LogP contribution is 1.99. The molecule has 0 aromatic carbocycles. The number of aryl methyl sites for hydroxylation is 1. The Morgan fingerprint density at radius 2 is 2.54 bits per heavy atom. The normalized spacial score (nSPS) is 10.0. The molecule has 0 aliphatic heterocycles. The molecule has 0 saturated carbocycles. The molecule has 72 valence electrons. The molecule has 0 spiro atoms. The van der Waals surface area contributed by atoms with Gasteiger partial charge in [-0.05, 0) is 0 Å². The van der Waals surface area contributed by atoms with E-state index in [9.17, 15) is 4.79 Å². The monoisotopic (exact) mass is 184 g/mol. The summed E-state index contributed by atoms with van der Waals surface area (Å²) in [5, 5.41) is 6.25. The molecule has 1 amide bonds. The van der Waals surface area contributed by atoms with Crippen LogP contribution in [0.25, 0.3) is 0 Å². The molecule has 13 heavy (non-hydrogen) atoms. The molecule has 0 fully saturated rings. The molecule has 0 saturated heterocycles. The minimum Gasteiger partial charge on any atom is -0.289 e. The van der Waals surface area contributed by atoms with Crippen LogP contribution in [0.15, 0.2) is 10.7 Å². The van der Waals surface area contributed by atoms with E-state index in [0.29, 0.717) is 5.88 Å². The molecular weight excluding hydrogens is 170 g/mol. The fourth-order valence-electron chi connectivity index (χ4n) is 0.933. The van der Waals surface area contributed by atoms with Crippen LogP contribution in [0.5, 0.6) is 0 Å². The summed E-state index contributed by atoms with van der Waals surface area (Å²) >= 11 is 0. The van der Waals surface area contributed by atoms with Crippen molar-refractivity contribution in [1.82, 2.24) is 5.27 Å². The molecule has 1 aromatic rings. The molecule has 5 heteroatoms. The smallest absolute Gasteiger partial charge is 0.289 e. The minimum absolute atomic E-state index is 0.154. The standard InChI is InChI=1S/C8H13N3O2/c1-3-4-5-11-6-8(13-10-11)9-7(2)12/h6H,3-5H2,1-2H3/p+1. The molecule has 0 aliphatic carbocycles. The highest BCUT2D eigenvalue weighted by molar-refractivity contribution is 5.86. The van der Waals surface area contributed by atoms with Gasteiger partial charge in [0.1, 0.15) is 0 Å². The lowest BCUT2D eigenvalue weighted by Gasteiger charge is -1.87. The zero-order valence-electron chi connectivity index (χ0n) is 7.91. The Morgan fingerprint density at radius 1 is 1.77 bits per heavy atom. The number of nitrogens with zero attached hydrogens (tertiary/aromatic N) is 2. The first-order chi connectivity index (χ1) is 6.22. The van der Waals surface area contributed by atoms with E-state index in [2.05, 4.69) is 17.5 Å². The van der Waals surface area contributed by atoms with Crippen molar-refractivity contribution in [2.45, 2.75) is 33.2 Å². The second-order valence-electron chi connectivity index (χ2n) is 2.86. The Kier molecular flexibility index (Phi) is 3.42. The van der Waals surface area contributed by atoms with E-state index in [1.54, 1.807) is 10.9 Å². The number of aromatic nitrogens is 2. The van der Waals surface area contributed by atoms with Crippen LogP contribution in [0.1, 0.15) is 26.7 Å². The van der Waals surface area contributed by atoms with Gasteiger partial charge in [0.2, 0.25) is 11.2 Å². The number of amides is 1. The Labute approximate surface area is 76.7 Å². The van der Waals surface area contributed by atoms with E-state index < -0.39 is 0 Å². The molecule has 5 nitrogen and oxygen atoms in total. The summed E-state index contributed by atoms with van der Waals surface area (Å²) in [4.78, 5) is 10.6. The van der Waals surface area contributed by atoms with Crippen molar-refractivity contribution in [2.75, 3.05) is 5.32 Å². The maximum Gasteiger partial charge on any atom is 0.302 e. The summed E-state index contributed by atoms with van der Waals surface area (Å²) in [5.74, 6) is 0.238. The molecule has 1 N–H and O–H groups in total. The van der Waals surface area contributed by atoms with Gasteiger partial charge in [0.05, 0.1) is 0 Å². The van der Waals surface area contributed by atoms with Crippen LogP contribution in [0.4, 0.5) is 5.88 Å². The number of anilines is 1. The number of carbonyl (C=O) groups is 1. The maximum atomic E-state index is 10.6. The lowest BCUT2D eigenvalue weighted by molar-refractivity contribution is -0.762. The molecule has 0 aliphatic rings. The largest absolute Gasteiger partial charge is 0.302 e. The quantitative estimate of drug-likeness (QED) is 0.701. The fraction of sp³-hybridized carbons (Fsp3) is 0.625. The molecule has 0 bridgehead atoms. The first-order valence-corrected chi connectivity index (χ1v) is 4.36. The van der Waals surface area contributed by atoms with E-state index in [1.165, 1.54) is 6.92 Å². The highest BCUT2D eigenvalue weighted by atomic mass is 16.5. The van der Waals surface area contributed by atoms with Gasteiger partial charge in [0.15, 0.2) is 6.54 Å². The van der Waals surface area contributed by atoms with Crippen molar-refractivity contribution in [3.63, 3.8) is 0 Å². The van der Waals surface area contributed by atoms with Gasteiger partial charge in [-0.15, -0.1) is 0 Å². The zero-order valence-corrected chi connectivity index (χ0v) is 7.91. The minimum atomic E-state index is -0.154. The van der Waals surface area contributed by atoms with E-state index in [1.807, 2.05) is 0 Å². The van der Waals surface area contributed by atoms with Crippen molar-refractivity contribution in [3.05, 3.63) is 6.20 Å². The number of unbranched alkanes of at least 4 members (excludes halogenated alkanes) is 1. The zero-order chi connectivity index (χ0) is 9.68. The van der Waals surface area contributed by atoms with Crippen LogP contribution < -0.4 is 10.00 Å². The molecule has 0 atom stereocenters. The van der Waals surface area contributed by atoms with Gasteiger partial charge in [-0.2, -0.15) is 0 Å². The third-order valence-electron chi connectivity index (χ3n) is 1.55. The van der Waals surface area contributed by atoms with Crippen LogP contribution in [-0.2, 0) is 11.3 Å². The van der Waals surface area contributed by atoms with Crippen LogP contribution in [0, 0.1) is 0 Å². The van der Waals surface area contributed by atoms with E-state index >= 15 is 0 Å². The van der Waals surface area contributed by atoms with Crippen LogP contribution in [-0.4, -0.2) is 11.2 Å². The summed E-state index contributed by atoms with van der Waals surface area (Å²) in [5.41, 5.74) is 0. The number of nitrogens with one attached hydrogen (secondary N) is 1. The average molecular weight is 184 g/mol. The summed E-state index contributed by atoms with van der Waals surface area (Å²) in [7, 11) is 0. The number of hydrogen-bond acceptors (Lipinski definition) is 3. The summed E-state index contributed by atoms with van der Waals surface area (Å²) in [6.45, 7) is 4.36. The maximum absolute atomic E-state index is 10.6. The van der Waals surface area contributed by atoms with E-state index in [0.717, 1.165) is 19.4 Å². The van der Waals surface area contributed by atoms with Crippen molar-refractivity contribution in [3.8, 4) is 0 Å². The van der Waals surface area contributed by atoms with Gasteiger partial charge in [0, 0.05) is 13.3 Å². The van der Waals surface area contributed by atoms with Gasteiger partial charge in [-0.3, -0.25) is 14.6 Å². The van der Waals surface area contributed by atoms with Crippen molar-refractivity contribution >= 4 is 11.8 Å². The van der Waals surface area contributed by atoms with Crippen LogP contribution >= 0.6 is 0 Å². The van der Waals surface area contributed by atoms with Gasteiger partial charge >= 0.3 is 5.88 Å². The SMILES string of the molecule is CCCC[n+]1cc(NC(C)=O)on1. The summed E-state index contributed by atoms with van der Waals surface area (Å²) in [6, 6.07) is 0. The van der Waals surface area contributed by atoms with E-state index in [4.69, 9.17) is 4.52 Å². The number of rotatable bonds is 4. The molecule has 1 heterocycles. The Balaban J connectivity index is 2.48. The molecule has 0 radical (unpaired) electrons. The fourth-order valence-corrected chi connectivity index (χ4v) is 0.933. The van der Waals surface area contributed by atoms with Gasteiger partial charge in [-0.25, -0.2) is 0 Å². The van der Waals surface area contributed by atoms with Crippen LogP contribution in [0.2, 0.25) is 0 Å². The second-order valence-corrected chi connectivity index (χ2v) is 2.86. The molecule has 1 rings (SSSR count). The average Bonchev–Trinajstić information content (AvgIpc) is 2.48. The topological polar surface area (TPSA) is 59.0 Å².